The molecule has 120 valence electrons. The molecular formula is C20H22ClNO. The Morgan fingerprint density at radius 3 is 2.26 bits per heavy atom. The number of fused-ring (bicyclic) bond motifs is 2. The Bertz CT molecular complexity index is 655. The van der Waals surface area contributed by atoms with E-state index in [-0.39, 0.29) is 0 Å². The zero-order valence-corrected chi connectivity index (χ0v) is 14.2. The van der Waals surface area contributed by atoms with Crippen molar-refractivity contribution >= 4 is 11.6 Å². The summed E-state index contributed by atoms with van der Waals surface area (Å²) in [5.41, 5.74) is 2.84. The molecule has 2 unspecified atom stereocenters. The van der Waals surface area contributed by atoms with Crippen LogP contribution in [0.25, 0.3) is 0 Å². The summed E-state index contributed by atoms with van der Waals surface area (Å²) in [6.45, 7) is 3.45. The number of rotatable bonds is 4. The van der Waals surface area contributed by atoms with Crippen LogP contribution < -0.4 is 4.74 Å². The Hall–Kier alpha value is -1.51. The maximum atomic E-state index is 6.02. The van der Waals surface area contributed by atoms with Crippen LogP contribution in [0.3, 0.4) is 0 Å². The summed E-state index contributed by atoms with van der Waals surface area (Å²) in [5.74, 6) is 3.26. The van der Waals surface area contributed by atoms with E-state index in [2.05, 4.69) is 41.3 Å². The highest BCUT2D eigenvalue weighted by Crippen LogP contribution is 2.51. The molecule has 0 amide bonds. The highest BCUT2D eigenvalue weighted by Gasteiger charge is 2.46. The first kappa shape index (κ1) is 15.0. The Morgan fingerprint density at radius 1 is 1.00 bits per heavy atom. The summed E-state index contributed by atoms with van der Waals surface area (Å²) in [5, 5.41) is 0.833. The van der Waals surface area contributed by atoms with Crippen LogP contribution in [0.15, 0.2) is 48.5 Å². The maximum absolute atomic E-state index is 6.02. The quantitative estimate of drug-likeness (QED) is 0.814. The summed E-state index contributed by atoms with van der Waals surface area (Å²) >= 11 is 6.02. The number of hydrogen-bond donors (Lipinski definition) is 0. The summed E-state index contributed by atoms with van der Waals surface area (Å²) in [6.07, 6.45) is 1.38. The number of hydrogen-bond acceptors (Lipinski definition) is 2. The van der Waals surface area contributed by atoms with Crippen LogP contribution in [-0.4, -0.2) is 25.1 Å². The van der Waals surface area contributed by atoms with Gasteiger partial charge in [0.15, 0.2) is 0 Å². The van der Waals surface area contributed by atoms with Gasteiger partial charge in [0.2, 0.25) is 0 Å². The van der Waals surface area contributed by atoms with Gasteiger partial charge < -0.3 is 4.74 Å². The molecule has 2 bridgehead atoms. The van der Waals surface area contributed by atoms with E-state index in [9.17, 15) is 0 Å². The van der Waals surface area contributed by atoms with Crippen molar-refractivity contribution in [3.63, 3.8) is 0 Å². The second-order valence-corrected chi connectivity index (χ2v) is 7.31. The molecule has 3 heteroatoms. The van der Waals surface area contributed by atoms with Gasteiger partial charge in [-0.05, 0) is 59.6 Å². The third kappa shape index (κ3) is 2.98. The van der Waals surface area contributed by atoms with E-state index in [0.29, 0.717) is 0 Å². The van der Waals surface area contributed by atoms with Crippen molar-refractivity contribution in [1.82, 2.24) is 4.90 Å². The van der Waals surface area contributed by atoms with Crippen molar-refractivity contribution in [3.05, 3.63) is 64.7 Å². The molecule has 2 nitrogen and oxygen atoms in total. The Kier molecular flexibility index (Phi) is 4.04. The van der Waals surface area contributed by atoms with Gasteiger partial charge in [-0.3, -0.25) is 4.90 Å². The number of piperidine rings is 2. The first-order chi connectivity index (χ1) is 11.2. The zero-order chi connectivity index (χ0) is 15.8. The molecule has 0 N–H and O–H groups in total. The molecule has 3 aliphatic rings. The Balaban J connectivity index is 1.39. The van der Waals surface area contributed by atoms with Gasteiger partial charge in [-0.2, -0.15) is 0 Å². The van der Waals surface area contributed by atoms with Gasteiger partial charge >= 0.3 is 0 Å². The van der Waals surface area contributed by atoms with Crippen LogP contribution in [0.4, 0.5) is 0 Å². The Labute approximate surface area is 143 Å². The minimum Gasteiger partial charge on any atom is -0.497 e. The van der Waals surface area contributed by atoms with Crippen LogP contribution >= 0.6 is 11.6 Å². The zero-order valence-electron chi connectivity index (χ0n) is 13.4. The van der Waals surface area contributed by atoms with E-state index >= 15 is 0 Å². The maximum Gasteiger partial charge on any atom is 0.118 e. The molecule has 1 saturated carbocycles. The lowest BCUT2D eigenvalue weighted by Crippen LogP contribution is -2.53. The van der Waals surface area contributed by atoms with Crippen LogP contribution in [0.5, 0.6) is 5.75 Å². The predicted octanol–water partition coefficient (Wildman–Crippen LogP) is 4.58. The molecule has 2 saturated heterocycles. The van der Waals surface area contributed by atoms with Gasteiger partial charge in [-0.25, -0.2) is 0 Å². The standard InChI is InChI=1S/C20H22ClNO/c1-23-19-8-2-14(3-9-19)11-22-12-16-10-17(13-22)20(16)15-4-6-18(21)7-5-15/h2-9,16-17,20H,10-13H2,1H3. The van der Waals surface area contributed by atoms with Gasteiger partial charge in [0.25, 0.3) is 0 Å². The van der Waals surface area contributed by atoms with E-state index in [0.717, 1.165) is 35.1 Å². The molecule has 2 aliphatic heterocycles. The van der Waals surface area contributed by atoms with E-state index in [1.54, 1.807) is 7.11 Å². The summed E-state index contributed by atoms with van der Waals surface area (Å²) in [7, 11) is 1.71. The molecule has 1 aliphatic carbocycles. The van der Waals surface area contributed by atoms with Gasteiger partial charge in [-0.1, -0.05) is 35.9 Å². The van der Waals surface area contributed by atoms with Crippen LogP contribution in [0.1, 0.15) is 23.5 Å². The lowest BCUT2D eigenvalue weighted by molar-refractivity contribution is -0.00531. The van der Waals surface area contributed by atoms with Gasteiger partial charge in [-0.15, -0.1) is 0 Å². The van der Waals surface area contributed by atoms with Crippen LogP contribution in [0.2, 0.25) is 5.02 Å². The highest BCUT2D eigenvalue weighted by molar-refractivity contribution is 6.30. The van der Waals surface area contributed by atoms with E-state index in [1.165, 1.54) is 30.6 Å². The molecule has 2 heterocycles. The predicted molar refractivity (Wildman–Crippen MR) is 94.1 cm³/mol. The molecule has 3 fully saturated rings. The van der Waals surface area contributed by atoms with Crippen molar-refractivity contribution in [1.29, 1.82) is 0 Å². The molecule has 0 spiro atoms. The summed E-state index contributed by atoms with van der Waals surface area (Å²) in [4.78, 5) is 2.60. The molecule has 0 radical (unpaired) electrons. The van der Waals surface area contributed by atoms with Crippen molar-refractivity contribution in [2.45, 2.75) is 18.9 Å². The summed E-state index contributed by atoms with van der Waals surface area (Å²) < 4.78 is 5.23. The average Bonchev–Trinajstić information content (AvgIpc) is 2.57. The molecular weight excluding hydrogens is 306 g/mol. The fourth-order valence-corrected chi connectivity index (χ4v) is 4.46. The fourth-order valence-electron chi connectivity index (χ4n) is 4.33. The second kappa shape index (κ2) is 6.18. The van der Waals surface area contributed by atoms with Crippen LogP contribution in [-0.2, 0) is 6.54 Å². The first-order valence-corrected chi connectivity index (χ1v) is 8.71. The van der Waals surface area contributed by atoms with Gasteiger partial charge in [0.05, 0.1) is 7.11 Å². The molecule has 2 atom stereocenters. The lowest BCUT2D eigenvalue weighted by Gasteiger charge is -2.54. The second-order valence-electron chi connectivity index (χ2n) is 6.88. The van der Waals surface area contributed by atoms with Crippen LogP contribution in [0, 0.1) is 11.8 Å². The smallest absolute Gasteiger partial charge is 0.118 e. The largest absolute Gasteiger partial charge is 0.497 e. The topological polar surface area (TPSA) is 12.5 Å². The fraction of sp³-hybridized carbons (Fsp3) is 0.400. The molecule has 23 heavy (non-hydrogen) atoms. The van der Waals surface area contributed by atoms with Gasteiger partial charge in [0, 0.05) is 24.7 Å². The minimum atomic E-state index is 0.736. The normalized spacial score (nSPS) is 26.6. The SMILES string of the molecule is COc1ccc(CN2CC3CC(C2)C3c2ccc(Cl)cc2)cc1. The van der Waals surface area contributed by atoms with Crippen molar-refractivity contribution < 1.29 is 4.74 Å². The van der Waals surface area contributed by atoms with Crippen molar-refractivity contribution in [2.24, 2.45) is 11.8 Å². The molecule has 5 rings (SSSR count). The van der Waals surface area contributed by atoms with E-state index in [1.807, 2.05) is 12.1 Å². The molecule has 2 aromatic carbocycles. The number of methoxy groups -OCH3 is 1. The number of halogens is 1. The number of nitrogens with zero attached hydrogens (tertiary/aromatic N) is 1. The van der Waals surface area contributed by atoms with E-state index < -0.39 is 0 Å². The third-order valence-electron chi connectivity index (χ3n) is 5.43. The molecule has 2 aromatic rings. The highest BCUT2D eigenvalue weighted by atomic mass is 35.5. The summed E-state index contributed by atoms with van der Waals surface area (Å²) in [6, 6.07) is 16.9. The minimum absolute atomic E-state index is 0.736. The average molecular weight is 328 g/mol. The van der Waals surface area contributed by atoms with E-state index in [4.69, 9.17) is 16.3 Å². The van der Waals surface area contributed by atoms with Gasteiger partial charge in [0.1, 0.15) is 5.75 Å². The first-order valence-electron chi connectivity index (χ1n) is 8.33. The van der Waals surface area contributed by atoms with Crippen molar-refractivity contribution in [3.8, 4) is 5.75 Å². The van der Waals surface area contributed by atoms with Crippen molar-refractivity contribution in [2.75, 3.05) is 20.2 Å². The monoisotopic (exact) mass is 327 g/mol. The third-order valence-corrected chi connectivity index (χ3v) is 5.68. The number of ether oxygens (including phenoxy) is 1. The number of benzene rings is 2. The molecule has 0 aromatic heterocycles. The lowest BCUT2D eigenvalue weighted by atomic mass is 9.59. The Morgan fingerprint density at radius 2 is 1.65 bits per heavy atom.